The second kappa shape index (κ2) is 16.9. The zero-order valence-corrected chi connectivity index (χ0v) is 26.0. The number of carboxylic acids is 1. The Hall–Kier alpha value is -5.03. The van der Waals surface area contributed by atoms with Crippen molar-refractivity contribution in [3.05, 3.63) is 126 Å². The zero-order chi connectivity index (χ0) is 32.9. The van der Waals surface area contributed by atoms with Gasteiger partial charge in [-0.2, -0.15) is 0 Å². The van der Waals surface area contributed by atoms with E-state index in [4.69, 9.17) is 4.74 Å². The second-order valence-corrected chi connectivity index (χ2v) is 11.7. The van der Waals surface area contributed by atoms with Gasteiger partial charge in [0.15, 0.2) is 5.78 Å². The number of ether oxygens (including phenoxy) is 1. The van der Waals surface area contributed by atoms with Crippen LogP contribution in [0, 0.1) is 11.7 Å². The van der Waals surface area contributed by atoms with Gasteiger partial charge in [0.2, 0.25) is 5.91 Å². The Morgan fingerprint density at radius 3 is 2.26 bits per heavy atom. The maximum Gasteiger partial charge on any atom is 0.307 e. The molecule has 2 atom stereocenters. The molecule has 1 aliphatic rings. The fourth-order valence-corrected chi connectivity index (χ4v) is 5.44. The van der Waals surface area contributed by atoms with E-state index in [1.165, 1.54) is 24.3 Å². The van der Waals surface area contributed by atoms with Crippen LogP contribution in [0.5, 0.6) is 5.75 Å². The summed E-state index contributed by atoms with van der Waals surface area (Å²) in [5.41, 5.74) is 2.20. The second-order valence-electron chi connectivity index (χ2n) is 10.5. The number of aliphatic carboxylic acids is 1. The van der Waals surface area contributed by atoms with E-state index >= 15 is 0 Å². The summed E-state index contributed by atoms with van der Waals surface area (Å²) in [6.45, 7) is 1.27. The van der Waals surface area contributed by atoms with Gasteiger partial charge in [0.1, 0.15) is 24.0 Å². The Kier molecular flexibility index (Phi) is 12.4. The van der Waals surface area contributed by atoms with Crippen LogP contribution < -0.4 is 15.0 Å². The van der Waals surface area contributed by atoms with E-state index in [0.717, 1.165) is 41.0 Å². The number of halogens is 1. The number of Topliss-reactive ketones (excluding diaryl/α,β-unsaturated/α-hetero) is 1. The SMILES string of the molecule is CN(CCOc1ccc(CC2SC(=O)NC2=O)cc1)c1ccccn1.O=C(CC(Cc1ccccc1)C(=O)O)c1ccc(F)cc1. The number of benzene rings is 3. The van der Waals surface area contributed by atoms with Crippen LogP contribution >= 0.6 is 11.8 Å². The number of pyridine rings is 1. The Balaban J connectivity index is 0.000000212. The highest BCUT2D eigenvalue weighted by Crippen LogP contribution is 2.24. The van der Waals surface area contributed by atoms with Gasteiger partial charge < -0.3 is 14.7 Å². The lowest BCUT2D eigenvalue weighted by Gasteiger charge is -2.18. The summed E-state index contributed by atoms with van der Waals surface area (Å²) in [7, 11) is 1.97. The minimum absolute atomic E-state index is 0.101. The summed E-state index contributed by atoms with van der Waals surface area (Å²) in [5.74, 6) is -1.04. The van der Waals surface area contributed by atoms with Crippen LogP contribution in [-0.4, -0.2) is 58.4 Å². The van der Waals surface area contributed by atoms with E-state index in [9.17, 15) is 28.7 Å². The molecule has 2 unspecified atom stereocenters. The van der Waals surface area contributed by atoms with Crippen molar-refractivity contribution in [1.29, 1.82) is 0 Å². The summed E-state index contributed by atoms with van der Waals surface area (Å²) in [6, 6.07) is 27.7. The number of hydrogen-bond acceptors (Lipinski definition) is 8. The van der Waals surface area contributed by atoms with Crippen LogP contribution in [0.1, 0.15) is 27.9 Å². The van der Waals surface area contributed by atoms with Gasteiger partial charge >= 0.3 is 5.97 Å². The number of ketones is 1. The molecule has 0 bridgehead atoms. The van der Waals surface area contributed by atoms with Gasteiger partial charge in [-0.05, 0) is 72.5 Å². The first kappa shape index (κ1) is 33.9. The lowest BCUT2D eigenvalue weighted by Crippen LogP contribution is -2.25. The summed E-state index contributed by atoms with van der Waals surface area (Å²) in [6.07, 6.45) is 2.49. The van der Waals surface area contributed by atoms with Crippen LogP contribution in [-0.2, 0) is 22.4 Å². The highest BCUT2D eigenvalue weighted by molar-refractivity contribution is 8.15. The van der Waals surface area contributed by atoms with Crippen molar-refractivity contribution in [3.63, 3.8) is 0 Å². The van der Waals surface area contributed by atoms with Crippen LogP contribution in [0.3, 0.4) is 0 Å². The molecular weight excluding hydrogens is 609 g/mol. The number of hydrogen-bond donors (Lipinski definition) is 2. The Morgan fingerprint density at radius 1 is 0.957 bits per heavy atom. The lowest BCUT2D eigenvalue weighted by molar-refractivity contribution is -0.141. The molecule has 0 spiro atoms. The third-order valence-corrected chi connectivity index (χ3v) is 8.10. The normalized spacial score (nSPS) is 14.4. The Bertz CT molecular complexity index is 1610. The molecule has 9 nitrogen and oxygen atoms in total. The molecule has 1 aliphatic heterocycles. The predicted molar refractivity (Wildman–Crippen MR) is 175 cm³/mol. The molecule has 0 radical (unpaired) electrons. The molecule has 4 aromatic rings. The van der Waals surface area contributed by atoms with Crippen molar-refractivity contribution >= 4 is 40.5 Å². The van der Waals surface area contributed by atoms with Crippen LogP contribution in [0.2, 0.25) is 0 Å². The van der Waals surface area contributed by atoms with Crippen molar-refractivity contribution in [2.75, 3.05) is 25.1 Å². The average Bonchev–Trinajstić information content (AvgIpc) is 3.38. The van der Waals surface area contributed by atoms with Crippen molar-refractivity contribution in [1.82, 2.24) is 10.3 Å². The van der Waals surface area contributed by atoms with Gasteiger partial charge in [0.05, 0.1) is 17.7 Å². The zero-order valence-electron chi connectivity index (χ0n) is 25.2. The van der Waals surface area contributed by atoms with Crippen LogP contribution in [0.25, 0.3) is 0 Å². The fourth-order valence-electron chi connectivity index (χ4n) is 4.58. The standard InChI is InChI=1S/C18H19N3O3S.C17H15FO3/c1-21(16-4-2-3-9-19-16)10-11-24-14-7-5-13(6-8-14)12-15-17(22)20-18(23)25-15;18-15-8-6-13(7-9-15)16(19)11-14(17(20)21)10-12-4-2-1-3-5-12/h2-9,15H,10-12H2,1H3,(H,20,22,23);1-9,14H,10-11H2,(H,20,21). The molecule has 1 fully saturated rings. The van der Waals surface area contributed by atoms with E-state index in [0.29, 0.717) is 25.0 Å². The molecule has 2 heterocycles. The van der Waals surface area contributed by atoms with Crippen molar-refractivity contribution in [2.24, 2.45) is 5.92 Å². The number of carboxylic acid groups (broad SMARTS) is 1. The van der Waals surface area contributed by atoms with Gasteiger partial charge in [-0.25, -0.2) is 9.37 Å². The van der Waals surface area contributed by atoms with Gasteiger partial charge in [-0.15, -0.1) is 0 Å². The number of likely N-dealkylation sites (N-methyl/N-ethyl adjacent to an activating group) is 1. The minimum atomic E-state index is -1.01. The van der Waals surface area contributed by atoms with Crippen molar-refractivity contribution in [2.45, 2.75) is 24.5 Å². The van der Waals surface area contributed by atoms with Gasteiger partial charge in [0, 0.05) is 25.2 Å². The Labute approximate surface area is 270 Å². The van der Waals surface area contributed by atoms with E-state index in [2.05, 4.69) is 10.3 Å². The number of anilines is 1. The number of aromatic nitrogens is 1. The topological polar surface area (TPSA) is 126 Å². The van der Waals surface area contributed by atoms with Crippen LogP contribution in [0.15, 0.2) is 103 Å². The molecule has 2 N–H and O–H groups in total. The molecule has 1 aromatic heterocycles. The van der Waals surface area contributed by atoms with Crippen LogP contribution in [0.4, 0.5) is 15.0 Å². The number of nitrogens with zero attached hydrogens (tertiary/aromatic N) is 2. The fraction of sp³-hybridized carbons (Fsp3) is 0.229. The number of imide groups is 1. The quantitative estimate of drug-likeness (QED) is 0.173. The molecule has 0 saturated carbocycles. The molecule has 1 saturated heterocycles. The first-order chi connectivity index (χ1) is 22.2. The molecule has 46 heavy (non-hydrogen) atoms. The molecule has 2 amide bonds. The molecule has 5 rings (SSSR count). The number of carbonyl (C=O) groups is 4. The van der Waals surface area contributed by atoms with Crippen molar-refractivity contribution < 1.29 is 33.4 Å². The molecule has 11 heteroatoms. The van der Waals surface area contributed by atoms with E-state index in [-0.39, 0.29) is 28.6 Å². The number of carbonyl (C=O) groups excluding carboxylic acids is 3. The maximum atomic E-state index is 12.8. The summed E-state index contributed by atoms with van der Waals surface area (Å²) < 4.78 is 18.6. The monoisotopic (exact) mass is 643 g/mol. The molecular formula is C35H34FN3O6S. The third kappa shape index (κ3) is 10.6. The largest absolute Gasteiger partial charge is 0.492 e. The lowest BCUT2D eigenvalue weighted by atomic mass is 9.92. The van der Waals surface area contributed by atoms with Crippen molar-refractivity contribution in [3.8, 4) is 5.75 Å². The average molecular weight is 644 g/mol. The summed E-state index contributed by atoms with van der Waals surface area (Å²) >= 11 is 1.05. The van der Waals surface area contributed by atoms with E-state index < -0.39 is 17.7 Å². The number of rotatable bonds is 13. The third-order valence-electron chi connectivity index (χ3n) is 7.12. The molecule has 238 valence electrons. The minimum Gasteiger partial charge on any atom is -0.492 e. The van der Waals surface area contributed by atoms with Gasteiger partial charge in [0.25, 0.3) is 5.24 Å². The van der Waals surface area contributed by atoms with Gasteiger partial charge in [-0.1, -0.05) is 60.3 Å². The number of amides is 2. The smallest absolute Gasteiger partial charge is 0.307 e. The number of nitrogens with one attached hydrogen (secondary N) is 1. The molecule has 3 aromatic carbocycles. The summed E-state index contributed by atoms with van der Waals surface area (Å²) in [5, 5.41) is 11.0. The Morgan fingerprint density at radius 2 is 1.65 bits per heavy atom. The summed E-state index contributed by atoms with van der Waals surface area (Å²) in [4.78, 5) is 52.5. The predicted octanol–water partition coefficient (Wildman–Crippen LogP) is 5.83. The first-order valence-corrected chi connectivity index (χ1v) is 15.5. The first-order valence-electron chi connectivity index (χ1n) is 14.6. The van der Waals surface area contributed by atoms with E-state index in [1.807, 2.05) is 84.7 Å². The highest BCUT2D eigenvalue weighted by Gasteiger charge is 2.31. The van der Waals surface area contributed by atoms with E-state index in [1.54, 1.807) is 6.20 Å². The highest BCUT2D eigenvalue weighted by atomic mass is 32.2. The molecule has 0 aliphatic carbocycles. The maximum absolute atomic E-state index is 12.8. The number of thioether (sulfide) groups is 1. The van der Waals surface area contributed by atoms with Gasteiger partial charge in [-0.3, -0.25) is 24.5 Å².